The van der Waals surface area contributed by atoms with Gasteiger partial charge in [-0.25, -0.2) is 4.39 Å². The first-order valence-electron chi connectivity index (χ1n) is 5.11. The average Bonchev–Trinajstić information content (AvgIpc) is 2.34. The van der Waals surface area contributed by atoms with Crippen molar-refractivity contribution in [1.82, 2.24) is 10.6 Å². The van der Waals surface area contributed by atoms with E-state index in [-0.39, 0.29) is 12.1 Å². The summed E-state index contributed by atoms with van der Waals surface area (Å²) in [5, 5.41) is 4.33. The van der Waals surface area contributed by atoms with Crippen LogP contribution < -0.4 is 10.6 Å². The summed E-state index contributed by atoms with van der Waals surface area (Å²) in [7, 11) is 1.34. The lowest BCUT2D eigenvalue weighted by atomic mass is 10.1. The third-order valence-electron chi connectivity index (χ3n) is 2.22. The Morgan fingerprint density at radius 1 is 1.26 bits per heavy atom. The number of alkyl halides is 3. The third-order valence-corrected chi connectivity index (χ3v) is 2.22. The highest BCUT2D eigenvalue weighted by Gasteiger charge is 2.34. The predicted molar refractivity (Wildman–Crippen MR) is 57.8 cm³/mol. The first-order valence-corrected chi connectivity index (χ1v) is 5.11. The van der Waals surface area contributed by atoms with E-state index in [4.69, 9.17) is 0 Å². The molecule has 4 nitrogen and oxygen atoms in total. The summed E-state index contributed by atoms with van der Waals surface area (Å²) in [6.45, 7) is -0.381. The van der Waals surface area contributed by atoms with E-state index in [9.17, 15) is 27.2 Å². The van der Waals surface area contributed by atoms with Crippen LogP contribution in [0.5, 0.6) is 0 Å². The summed E-state index contributed by atoms with van der Waals surface area (Å²) in [6, 6.07) is 1.86. The largest absolute Gasteiger partial charge is 0.419 e. The maximum atomic E-state index is 13.0. The van der Waals surface area contributed by atoms with Gasteiger partial charge in [0.25, 0.3) is 5.91 Å². The van der Waals surface area contributed by atoms with Gasteiger partial charge in [0.2, 0.25) is 5.91 Å². The molecule has 0 spiro atoms. The van der Waals surface area contributed by atoms with Gasteiger partial charge in [0.05, 0.1) is 12.1 Å². The van der Waals surface area contributed by atoms with Gasteiger partial charge < -0.3 is 10.6 Å². The molecule has 1 rings (SSSR count). The highest BCUT2D eigenvalue weighted by atomic mass is 19.4. The standard InChI is InChI=1S/C11H10F4N2O2/c1-16-9(18)5-17-10(19)6-2-3-8(12)7(4-6)11(13,14)15/h2-4H,5H2,1H3,(H,16,18)(H,17,19). The summed E-state index contributed by atoms with van der Waals surface area (Å²) >= 11 is 0. The Morgan fingerprint density at radius 3 is 2.42 bits per heavy atom. The smallest absolute Gasteiger partial charge is 0.358 e. The molecule has 0 aliphatic heterocycles. The van der Waals surface area contributed by atoms with Gasteiger partial charge in [-0.3, -0.25) is 9.59 Å². The molecule has 0 aromatic heterocycles. The molecule has 2 N–H and O–H groups in total. The minimum Gasteiger partial charge on any atom is -0.358 e. The topological polar surface area (TPSA) is 58.2 Å². The number of carbonyl (C=O) groups is 2. The highest BCUT2D eigenvalue weighted by molar-refractivity contribution is 5.96. The van der Waals surface area contributed by atoms with Crippen LogP contribution in [0.25, 0.3) is 0 Å². The van der Waals surface area contributed by atoms with Gasteiger partial charge in [0.15, 0.2) is 0 Å². The normalized spacial score (nSPS) is 11.0. The fourth-order valence-electron chi connectivity index (χ4n) is 1.23. The Morgan fingerprint density at radius 2 is 1.89 bits per heavy atom. The highest BCUT2D eigenvalue weighted by Crippen LogP contribution is 2.31. The van der Waals surface area contributed by atoms with Crippen LogP contribution in [0, 0.1) is 5.82 Å². The number of rotatable bonds is 3. The zero-order chi connectivity index (χ0) is 14.6. The quantitative estimate of drug-likeness (QED) is 0.819. The second-order valence-electron chi connectivity index (χ2n) is 3.55. The molecule has 0 aliphatic rings. The molecule has 0 bridgehead atoms. The molecule has 1 aromatic rings. The van der Waals surface area contributed by atoms with Gasteiger partial charge in [-0.15, -0.1) is 0 Å². The van der Waals surface area contributed by atoms with Crippen LogP contribution in [-0.2, 0) is 11.0 Å². The zero-order valence-electron chi connectivity index (χ0n) is 9.77. The van der Waals surface area contributed by atoms with E-state index in [1.54, 1.807) is 0 Å². The molecule has 0 saturated heterocycles. The van der Waals surface area contributed by atoms with Gasteiger partial charge in [0, 0.05) is 12.6 Å². The minimum atomic E-state index is -4.89. The van der Waals surface area contributed by atoms with E-state index in [0.29, 0.717) is 12.1 Å². The van der Waals surface area contributed by atoms with Crippen molar-refractivity contribution in [2.75, 3.05) is 13.6 Å². The van der Waals surface area contributed by atoms with E-state index in [1.807, 2.05) is 0 Å². The molecule has 19 heavy (non-hydrogen) atoms. The monoisotopic (exact) mass is 278 g/mol. The Balaban J connectivity index is 2.90. The van der Waals surface area contributed by atoms with Gasteiger partial charge in [-0.2, -0.15) is 13.2 Å². The lowest BCUT2D eigenvalue weighted by Crippen LogP contribution is -2.35. The third kappa shape index (κ3) is 3.94. The first-order chi connectivity index (χ1) is 8.75. The SMILES string of the molecule is CNC(=O)CNC(=O)c1ccc(F)c(C(F)(F)F)c1. The molecule has 0 unspecified atom stereocenters. The number of carbonyl (C=O) groups excluding carboxylic acids is 2. The predicted octanol–water partition coefficient (Wildman–Crippen LogP) is 1.32. The van der Waals surface area contributed by atoms with Crippen molar-refractivity contribution >= 4 is 11.8 Å². The van der Waals surface area contributed by atoms with Crippen molar-refractivity contribution in [3.63, 3.8) is 0 Å². The number of hydrogen-bond acceptors (Lipinski definition) is 2. The number of likely N-dealkylation sites (N-methyl/N-ethyl adjacent to an activating group) is 1. The minimum absolute atomic E-state index is 0.377. The Kier molecular flexibility index (Phi) is 4.47. The number of hydrogen-bond donors (Lipinski definition) is 2. The molecule has 0 heterocycles. The maximum absolute atomic E-state index is 13.0. The fourth-order valence-corrected chi connectivity index (χ4v) is 1.23. The number of amides is 2. The van der Waals surface area contributed by atoms with Crippen LogP contribution in [0.15, 0.2) is 18.2 Å². The second kappa shape index (κ2) is 5.68. The molecule has 0 fully saturated rings. The molecular weight excluding hydrogens is 268 g/mol. The summed E-state index contributed by atoms with van der Waals surface area (Å²) in [4.78, 5) is 22.3. The molecule has 0 radical (unpaired) electrons. The van der Waals surface area contributed by atoms with Gasteiger partial charge in [0.1, 0.15) is 5.82 Å². The van der Waals surface area contributed by atoms with Crippen LogP contribution in [0.2, 0.25) is 0 Å². The number of benzene rings is 1. The van der Waals surface area contributed by atoms with Crippen molar-refractivity contribution in [3.8, 4) is 0 Å². The molecule has 8 heteroatoms. The average molecular weight is 278 g/mol. The summed E-state index contributed by atoms with van der Waals surface area (Å²) in [5.74, 6) is -2.86. The van der Waals surface area contributed by atoms with Crippen molar-refractivity contribution in [1.29, 1.82) is 0 Å². The van der Waals surface area contributed by atoms with Crippen molar-refractivity contribution in [3.05, 3.63) is 35.1 Å². The first kappa shape index (κ1) is 14.9. The van der Waals surface area contributed by atoms with Crippen LogP contribution >= 0.6 is 0 Å². The molecule has 2 amide bonds. The van der Waals surface area contributed by atoms with Gasteiger partial charge >= 0.3 is 6.18 Å². The molecule has 0 atom stereocenters. The zero-order valence-corrected chi connectivity index (χ0v) is 9.77. The summed E-state index contributed by atoms with van der Waals surface area (Å²) < 4.78 is 50.3. The Hall–Kier alpha value is -2.12. The van der Waals surface area contributed by atoms with Gasteiger partial charge in [-0.05, 0) is 18.2 Å². The van der Waals surface area contributed by atoms with Crippen molar-refractivity contribution in [2.45, 2.75) is 6.18 Å². The van der Waals surface area contributed by atoms with E-state index >= 15 is 0 Å². The van der Waals surface area contributed by atoms with E-state index in [2.05, 4.69) is 10.6 Å². The van der Waals surface area contributed by atoms with E-state index in [1.165, 1.54) is 7.05 Å². The molecule has 104 valence electrons. The molecular formula is C11H10F4N2O2. The Labute approximate surface area is 105 Å². The molecule has 0 saturated carbocycles. The summed E-state index contributed by atoms with van der Waals surface area (Å²) in [5.41, 5.74) is -1.90. The van der Waals surface area contributed by atoms with E-state index < -0.39 is 29.4 Å². The Bertz CT molecular complexity index is 500. The van der Waals surface area contributed by atoms with Crippen LogP contribution in [0.1, 0.15) is 15.9 Å². The second-order valence-corrected chi connectivity index (χ2v) is 3.55. The van der Waals surface area contributed by atoms with Crippen molar-refractivity contribution in [2.24, 2.45) is 0 Å². The van der Waals surface area contributed by atoms with Crippen LogP contribution in [-0.4, -0.2) is 25.4 Å². The number of halogens is 4. The van der Waals surface area contributed by atoms with Crippen LogP contribution in [0.3, 0.4) is 0 Å². The van der Waals surface area contributed by atoms with Crippen molar-refractivity contribution < 1.29 is 27.2 Å². The fraction of sp³-hybridized carbons (Fsp3) is 0.273. The number of nitrogens with one attached hydrogen (secondary N) is 2. The van der Waals surface area contributed by atoms with Crippen LogP contribution in [0.4, 0.5) is 17.6 Å². The van der Waals surface area contributed by atoms with Gasteiger partial charge in [-0.1, -0.05) is 0 Å². The maximum Gasteiger partial charge on any atom is 0.419 e. The lowest BCUT2D eigenvalue weighted by molar-refractivity contribution is -0.140. The summed E-state index contributed by atoms with van der Waals surface area (Å²) in [6.07, 6.45) is -4.89. The van der Waals surface area contributed by atoms with E-state index in [0.717, 1.165) is 6.07 Å². The molecule has 1 aromatic carbocycles. The lowest BCUT2D eigenvalue weighted by Gasteiger charge is -2.10. The molecule has 0 aliphatic carbocycles.